The first-order valence-corrected chi connectivity index (χ1v) is 7.64. The number of urea groups is 1. The second-order valence-corrected chi connectivity index (χ2v) is 5.56. The van der Waals surface area contributed by atoms with E-state index in [1.165, 1.54) is 0 Å². The molecule has 0 aliphatic carbocycles. The fourth-order valence-electron chi connectivity index (χ4n) is 2.34. The number of nitrogens with zero attached hydrogens (tertiary/aromatic N) is 3. The number of nitrogens with one attached hydrogen (secondary N) is 1. The van der Waals surface area contributed by atoms with Gasteiger partial charge < -0.3 is 10.6 Å². The minimum atomic E-state index is -0.845. The number of benzene rings is 1. The molecule has 8 heteroatoms. The van der Waals surface area contributed by atoms with Gasteiger partial charge in [0.15, 0.2) is 0 Å². The lowest BCUT2D eigenvalue weighted by atomic mass is 10.1. The van der Waals surface area contributed by atoms with Crippen LogP contribution in [-0.2, 0) is 9.63 Å². The van der Waals surface area contributed by atoms with Crippen LogP contribution < -0.4 is 16.2 Å². The summed E-state index contributed by atoms with van der Waals surface area (Å²) in [5.41, 5.74) is 10.7. The second-order valence-electron chi connectivity index (χ2n) is 5.56. The van der Waals surface area contributed by atoms with Gasteiger partial charge in [-0.1, -0.05) is 22.9 Å². The third-order valence-electron chi connectivity index (χ3n) is 3.69. The molecule has 0 bridgehead atoms. The molecule has 1 aliphatic rings. The molecule has 8 nitrogen and oxygen atoms in total. The summed E-state index contributed by atoms with van der Waals surface area (Å²) in [6, 6.07) is 9.81. The maximum atomic E-state index is 12.4. The van der Waals surface area contributed by atoms with Crippen molar-refractivity contribution in [2.45, 2.75) is 19.4 Å². The Kier molecular flexibility index (Phi) is 4.60. The van der Waals surface area contributed by atoms with Crippen LogP contribution >= 0.6 is 0 Å². The second kappa shape index (κ2) is 7.00. The van der Waals surface area contributed by atoms with Gasteiger partial charge in [0, 0.05) is 24.4 Å². The minimum Gasteiger partial charge on any atom is -0.382 e. The van der Waals surface area contributed by atoms with E-state index in [2.05, 4.69) is 15.6 Å². The van der Waals surface area contributed by atoms with Gasteiger partial charge in [-0.15, -0.1) is 0 Å². The summed E-state index contributed by atoms with van der Waals surface area (Å²) in [6.07, 6.45) is 2.72. The molecule has 2 aromatic rings. The largest absolute Gasteiger partial charge is 0.382 e. The zero-order valence-corrected chi connectivity index (χ0v) is 13.5. The highest BCUT2D eigenvalue weighted by Crippen LogP contribution is 2.18. The van der Waals surface area contributed by atoms with Gasteiger partial charge in [-0.05, 0) is 31.2 Å². The standard InChI is InChI=1S/C17H17N5O3/c1-11-4-6-13(7-5-11)22(17(18)24)20-16(23)15-9-14(21-25-15)12-3-2-8-19-10-12/h2-8,10,15H,9H2,1H3,(H2,18,24)(H,20,23). The van der Waals surface area contributed by atoms with Crippen LogP contribution in [0.15, 0.2) is 53.9 Å². The molecular weight excluding hydrogens is 322 g/mol. The average Bonchev–Trinajstić information content (AvgIpc) is 3.11. The van der Waals surface area contributed by atoms with Gasteiger partial charge in [0.1, 0.15) is 0 Å². The lowest BCUT2D eigenvalue weighted by molar-refractivity contribution is -0.131. The predicted molar refractivity (Wildman–Crippen MR) is 91.6 cm³/mol. The number of hydrogen-bond acceptors (Lipinski definition) is 5. The van der Waals surface area contributed by atoms with Crippen LogP contribution in [0.1, 0.15) is 17.5 Å². The molecule has 2 heterocycles. The minimum absolute atomic E-state index is 0.276. The van der Waals surface area contributed by atoms with Gasteiger partial charge in [0.25, 0.3) is 5.91 Å². The summed E-state index contributed by atoms with van der Waals surface area (Å²) in [7, 11) is 0. The average molecular weight is 339 g/mol. The fraction of sp³-hybridized carbons (Fsp3) is 0.176. The summed E-state index contributed by atoms with van der Waals surface area (Å²) in [4.78, 5) is 33.3. The number of hydrogen-bond donors (Lipinski definition) is 2. The van der Waals surface area contributed by atoms with E-state index in [4.69, 9.17) is 10.6 Å². The molecule has 3 N–H and O–H groups in total. The summed E-state index contributed by atoms with van der Waals surface area (Å²) in [5, 5.41) is 4.91. The van der Waals surface area contributed by atoms with Crippen molar-refractivity contribution >= 4 is 23.3 Å². The predicted octanol–water partition coefficient (Wildman–Crippen LogP) is 1.50. The van der Waals surface area contributed by atoms with Crippen LogP contribution in [0.2, 0.25) is 0 Å². The summed E-state index contributed by atoms with van der Waals surface area (Å²) in [5.74, 6) is -0.512. The Balaban J connectivity index is 1.67. The van der Waals surface area contributed by atoms with Gasteiger partial charge in [0.05, 0.1) is 11.4 Å². The Morgan fingerprint density at radius 1 is 1.28 bits per heavy atom. The van der Waals surface area contributed by atoms with E-state index in [9.17, 15) is 9.59 Å². The molecule has 25 heavy (non-hydrogen) atoms. The van der Waals surface area contributed by atoms with Gasteiger partial charge in [-0.3, -0.25) is 15.2 Å². The van der Waals surface area contributed by atoms with Gasteiger partial charge in [-0.25, -0.2) is 9.80 Å². The summed E-state index contributed by atoms with van der Waals surface area (Å²) >= 11 is 0. The number of carbonyl (C=O) groups is 2. The van der Waals surface area contributed by atoms with Crippen molar-refractivity contribution in [3.05, 3.63) is 59.9 Å². The molecular formula is C17H17N5O3. The molecule has 1 atom stereocenters. The van der Waals surface area contributed by atoms with Crippen LogP contribution in [0, 0.1) is 6.92 Å². The smallest absolute Gasteiger partial charge is 0.338 e. The number of carbonyl (C=O) groups excluding carboxylic acids is 2. The number of aromatic nitrogens is 1. The lowest BCUT2D eigenvalue weighted by Gasteiger charge is -2.22. The van der Waals surface area contributed by atoms with Crippen LogP contribution in [-0.4, -0.2) is 28.7 Å². The van der Waals surface area contributed by atoms with E-state index in [1.54, 1.807) is 30.6 Å². The van der Waals surface area contributed by atoms with E-state index in [1.807, 2.05) is 25.1 Å². The Bertz CT molecular complexity index is 805. The molecule has 0 saturated heterocycles. The molecule has 3 amide bonds. The van der Waals surface area contributed by atoms with Gasteiger partial charge in [0.2, 0.25) is 6.10 Å². The van der Waals surface area contributed by atoms with Crippen molar-refractivity contribution in [2.24, 2.45) is 10.9 Å². The Morgan fingerprint density at radius 3 is 2.68 bits per heavy atom. The number of anilines is 1. The number of oxime groups is 1. The van der Waals surface area contributed by atoms with E-state index < -0.39 is 18.0 Å². The topological polar surface area (TPSA) is 110 Å². The fourth-order valence-corrected chi connectivity index (χ4v) is 2.34. The highest BCUT2D eigenvalue weighted by atomic mass is 16.6. The molecule has 0 saturated carbocycles. The van der Waals surface area contributed by atoms with Gasteiger partial charge in [-0.2, -0.15) is 0 Å². The monoisotopic (exact) mass is 339 g/mol. The number of primary amides is 1. The Labute approximate surface area is 144 Å². The maximum Gasteiger partial charge on any atom is 0.338 e. The number of pyridine rings is 1. The first-order valence-electron chi connectivity index (χ1n) is 7.64. The van der Waals surface area contributed by atoms with Crippen molar-refractivity contribution in [3.8, 4) is 0 Å². The first kappa shape index (κ1) is 16.4. The van der Waals surface area contributed by atoms with Crippen molar-refractivity contribution in [3.63, 3.8) is 0 Å². The van der Waals surface area contributed by atoms with Crippen LogP contribution in [0.25, 0.3) is 0 Å². The Morgan fingerprint density at radius 2 is 2.04 bits per heavy atom. The molecule has 1 aromatic heterocycles. The summed E-state index contributed by atoms with van der Waals surface area (Å²) in [6.45, 7) is 1.92. The molecule has 1 aliphatic heterocycles. The number of nitrogens with two attached hydrogens (primary N) is 1. The molecule has 0 radical (unpaired) electrons. The van der Waals surface area contributed by atoms with Crippen LogP contribution in [0.4, 0.5) is 10.5 Å². The lowest BCUT2D eigenvalue weighted by Crippen LogP contribution is -2.52. The molecule has 3 rings (SSSR count). The summed E-state index contributed by atoms with van der Waals surface area (Å²) < 4.78 is 0. The Hall–Kier alpha value is -3.42. The highest BCUT2D eigenvalue weighted by Gasteiger charge is 2.31. The molecule has 128 valence electrons. The zero-order valence-electron chi connectivity index (χ0n) is 13.5. The van der Waals surface area contributed by atoms with Crippen molar-refractivity contribution in [2.75, 3.05) is 5.01 Å². The number of amides is 3. The zero-order chi connectivity index (χ0) is 17.8. The first-order chi connectivity index (χ1) is 12.0. The van der Waals surface area contributed by atoms with E-state index >= 15 is 0 Å². The number of rotatable bonds is 3. The molecule has 1 aromatic carbocycles. The van der Waals surface area contributed by atoms with Crippen molar-refractivity contribution in [1.82, 2.24) is 10.4 Å². The van der Waals surface area contributed by atoms with E-state index in [-0.39, 0.29) is 6.42 Å². The maximum absolute atomic E-state index is 12.4. The molecule has 0 spiro atoms. The third-order valence-corrected chi connectivity index (χ3v) is 3.69. The highest BCUT2D eigenvalue weighted by molar-refractivity contribution is 6.04. The molecule has 0 fully saturated rings. The quantitative estimate of drug-likeness (QED) is 0.826. The van der Waals surface area contributed by atoms with Gasteiger partial charge >= 0.3 is 6.03 Å². The van der Waals surface area contributed by atoms with E-state index in [0.717, 1.165) is 16.1 Å². The molecule has 1 unspecified atom stereocenters. The SMILES string of the molecule is Cc1ccc(N(NC(=O)C2CC(c3cccnc3)=NO2)C(N)=O)cc1. The number of aryl methyl sites for hydroxylation is 1. The van der Waals surface area contributed by atoms with Crippen LogP contribution in [0.3, 0.4) is 0 Å². The van der Waals surface area contributed by atoms with Crippen molar-refractivity contribution < 1.29 is 14.4 Å². The van der Waals surface area contributed by atoms with Crippen LogP contribution in [0.5, 0.6) is 0 Å². The third kappa shape index (κ3) is 3.74. The van der Waals surface area contributed by atoms with E-state index in [0.29, 0.717) is 11.4 Å². The normalized spacial score (nSPS) is 15.9. The number of hydrazine groups is 1. The van der Waals surface area contributed by atoms with Crippen molar-refractivity contribution in [1.29, 1.82) is 0 Å².